The molecular formula is C19H18O5. The second-order valence-corrected chi connectivity index (χ2v) is 5.32. The summed E-state index contributed by atoms with van der Waals surface area (Å²) in [7, 11) is 0. The number of carboxylic acids is 1. The van der Waals surface area contributed by atoms with Crippen LogP contribution >= 0.6 is 0 Å². The van der Waals surface area contributed by atoms with Crippen molar-refractivity contribution in [1.29, 1.82) is 0 Å². The molecular weight excluding hydrogens is 308 g/mol. The van der Waals surface area contributed by atoms with E-state index >= 15 is 0 Å². The summed E-state index contributed by atoms with van der Waals surface area (Å²) in [4.78, 5) is 11.7. The van der Waals surface area contributed by atoms with Gasteiger partial charge in [-0.3, -0.25) is 0 Å². The smallest absolute Gasteiger partial charge is 0.336 e. The fourth-order valence-corrected chi connectivity index (χ4v) is 2.43. The van der Waals surface area contributed by atoms with Crippen molar-refractivity contribution in [2.45, 2.75) is 13.3 Å². The van der Waals surface area contributed by atoms with Crippen LogP contribution in [-0.2, 0) is 4.79 Å². The molecule has 0 aromatic heterocycles. The van der Waals surface area contributed by atoms with E-state index in [2.05, 4.69) is 0 Å². The Bertz CT molecular complexity index is 779. The first kappa shape index (κ1) is 15.9. The molecule has 0 aliphatic carbocycles. The van der Waals surface area contributed by atoms with Crippen molar-refractivity contribution >= 4 is 17.6 Å². The standard InChI is InChI=1S/C19H18O5/c1-2-9-22-16-6-4-3-5-14(16)10-15(19(20)21)13-7-8-17-18(11-13)24-12-23-17/h3-8,10-11H,2,9,12H2,1H3,(H,20,21)/b15-10-. The number of hydrogen-bond acceptors (Lipinski definition) is 4. The lowest BCUT2D eigenvalue weighted by molar-refractivity contribution is -0.130. The van der Waals surface area contributed by atoms with E-state index in [-0.39, 0.29) is 12.4 Å². The molecule has 0 saturated heterocycles. The van der Waals surface area contributed by atoms with Crippen LogP contribution in [0.2, 0.25) is 0 Å². The minimum Gasteiger partial charge on any atom is -0.493 e. The van der Waals surface area contributed by atoms with Crippen molar-refractivity contribution in [1.82, 2.24) is 0 Å². The third kappa shape index (κ3) is 3.35. The number of rotatable bonds is 6. The van der Waals surface area contributed by atoms with Crippen LogP contribution in [0.1, 0.15) is 24.5 Å². The quantitative estimate of drug-likeness (QED) is 0.645. The zero-order valence-electron chi connectivity index (χ0n) is 13.3. The molecule has 24 heavy (non-hydrogen) atoms. The van der Waals surface area contributed by atoms with Crippen molar-refractivity contribution in [3.05, 3.63) is 53.6 Å². The number of benzene rings is 2. The Balaban J connectivity index is 2.00. The normalized spacial score (nSPS) is 13.0. The SMILES string of the molecule is CCCOc1ccccc1/C=C(\C(=O)O)c1ccc2c(c1)OCO2. The van der Waals surface area contributed by atoms with Gasteiger partial charge in [0.1, 0.15) is 5.75 Å². The third-order valence-electron chi connectivity index (χ3n) is 3.59. The van der Waals surface area contributed by atoms with E-state index in [9.17, 15) is 9.90 Å². The molecule has 0 atom stereocenters. The second kappa shape index (κ2) is 7.08. The highest BCUT2D eigenvalue weighted by Gasteiger charge is 2.18. The van der Waals surface area contributed by atoms with E-state index in [0.717, 1.165) is 12.0 Å². The Kier molecular flexibility index (Phi) is 4.70. The minimum atomic E-state index is -1.01. The van der Waals surface area contributed by atoms with E-state index in [4.69, 9.17) is 14.2 Å². The van der Waals surface area contributed by atoms with Crippen molar-refractivity contribution in [3.63, 3.8) is 0 Å². The van der Waals surface area contributed by atoms with Gasteiger partial charge in [0.05, 0.1) is 12.2 Å². The largest absolute Gasteiger partial charge is 0.493 e. The van der Waals surface area contributed by atoms with Crippen LogP contribution < -0.4 is 14.2 Å². The molecule has 0 spiro atoms. The number of hydrogen-bond donors (Lipinski definition) is 1. The van der Waals surface area contributed by atoms with Gasteiger partial charge in [-0.25, -0.2) is 4.79 Å². The van der Waals surface area contributed by atoms with Gasteiger partial charge in [-0.05, 0) is 36.3 Å². The molecule has 124 valence electrons. The summed E-state index contributed by atoms with van der Waals surface area (Å²) in [5.41, 5.74) is 1.44. The van der Waals surface area contributed by atoms with E-state index in [1.807, 2.05) is 31.2 Å². The topological polar surface area (TPSA) is 65.0 Å². The fraction of sp³-hybridized carbons (Fsp3) is 0.211. The van der Waals surface area contributed by atoms with Crippen LogP contribution in [0.3, 0.4) is 0 Å². The molecule has 2 aromatic rings. The number of carboxylic acid groups (broad SMARTS) is 1. The summed E-state index contributed by atoms with van der Waals surface area (Å²) < 4.78 is 16.3. The number of para-hydroxylation sites is 1. The van der Waals surface area contributed by atoms with Crippen molar-refractivity contribution in [2.24, 2.45) is 0 Å². The molecule has 0 saturated carbocycles. The van der Waals surface area contributed by atoms with Gasteiger partial charge in [0.2, 0.25) is 6.79 Å². The lowest BCUT2D eigenvalue weighted by Crippen LogP contribution is -2.01. The lowest BCUT2D eigenvalue weighted by Gasteiger charge is -2.10. The molecule has 2 aromatic carbocycles. The third-order valence-corrected chi connectivity index (χ3v) is 3.59. The van der Waals surface area contributed by atoms with Gasteiger partial charge < -0.3 is 19.3 Å². The molecule has 0 amide bonds. The summed E-state index contributed by atoms with van der Waals surface area (Å²) in [6.07, 6.45) is 2.50. The monoisotopic (exact) mass is 326 g/mol. The maximum absolute atomic E-state index is 11.7. The van der Waals surface area contributed by atoms with Gasteiger partial charge in [-0.15, -0.1) is 0 Å². The van der Waals surface area contributed by atoms with Crippen LogP contribution in [-0.4, -0.2) is 24.5 Å². The number of carbonyl (C=O) groups is 1. The van der Waals surface area contributed by atoms with E-state index in [0.29, 0.717) is 29.4 Å². The van der Waals surface area contributed by atoms with Gasteiger partial charge in [-0.2, -0.15) is 0 Å². The van der Waals surface area contributed by atoms with Crippen LogP contribution in [0.5, 0.6) is 17.2 Å². The first-order chi connectivity index (χ1) is 11.7. The Morgan fingerprint density at radius 2 is 2.00 bits per heavy atom. The number of aliphatic carboxylic acids is 1. The summed E-state index contributed by atoms with van der Waals surface area (Å²) in [5.74, 6) is 0.823. The molecule has 1 aliphatic heterocycles. The molecule has 0 radical (unpaired) electrons. The highest BCUT2D eigenvalue weighted by Crippen LogP contribution is 2.35. The summed E-state index contributed by atoms with van der Waals surface area (Å²) in [6.45, 7) is 2.75. The molecule has 0 bridgehead atoms. The molecule has 1 heterocycles. The van der Waals surface area contributed by atoms with Gasteiger partial charge in [0.15, 0.2) is 11.5 Å². The van der Waals surface area contributed by atoms with Gasteiger partial charge >= 0.3 is 5.97 Å². The molecule has 5 heteroatoms. The summed E-state index contributed by atoms with van der Waals surface area (Å²) >= 11 is 0. The first-order valence-electron chi connectivity index (χ1n) is 7.76. The maximum Gasteiger partial charge on any atom is 0.336 e. The van der Waals surface area contributed by atoms with Crippen molar-refractivity contribution < 1.29 is 24.1 Å². The minimum absolute atomic E-state index is 0.151. The van der Waals surface area contributed by atoms with E-state index in [1.165, 1.54) is 0 Å². The zero-order chi connectivity index (χ0) is 16.9. The lowest BCUT2D eigenvalue weighted by atomic mass is 10.0. The van der Waals surface area contributed by atoms with Crippen molar-refractivity contribution in [3.8, 4) is 17.2 Å². The van der Waals surface area contributed by atoms with Gasteiger partial charge in [0.25, 0.3) is 0 Å². The molecule has 3 rings (SSSR count). The molecule has 1 aliphatic rings. The Morgan fingerprint density at radius 1 is 1.21 bits per heavy atom. The Labute approximate surface area is 140 Å². The predicted molar refractivity (Wildman–Crippen MR) is 90.3 cm³/mol. The van der Waals surface area contributed by atoms with Crippen LogP contribution in [0.25, 0.3) is 11.6 Å². The molecule has 0 fully saturated rings. The maximum atomic E-state index is 11.7. The fourth-order valence-electron chi connectivity index (χ4n) is 2.43. The van der Waals surface area contributed by atoms with E-state index in [1.54, 1.807) is 24.3 Å². The summed E-state index contributed by atoms with van der Waals surface area (Å²) in [5, 5.41) is 9.62. The van der Waals surface area contributed by atoms with Gasteiger partial charge in [-0.1, -0.05) is 31.2 Å². The van der Waals surface area contributed by atoms with Crippen molar-refractivity contribution in [2.75, 3.05) is 13.4 Å². The highest BCUT2D eigenvalue weighted by atomic mass is 16.7. The number of fused-ring (bicyclic) bond motifs is 1. The number of ether oxygens (including phenoxy) is 3. The first-order valence-corrected chi connectivity index (χ1v) is 7.76. The molecule has 0 unspecified atom stereocenters. The second-order valence-electron chi connectivity index (χ2n) is 5.32. The van der Waals surface area contributed by atoms with Crippen LogP contribution in [0, 0.1) is 0 Å². The average Bonchev–Trinajstić information content (AvgIpc) is 3.06. The van der Waals surface area contributed by atoms with Crippen LogP contribution in [0.4, 0.5) is 0 Å². The average molecular weight is 326 g/mol. The van der Waals surface area contributed by atoms with Crippen LogP contribution in [0.15, 0.2) is 42.5 Å². The van der Waals surface area contributed by atoms with E-state index < -0.39 is 5.97 Å². The highest BCUT2D eigenvalue weighted by molar-refractivity contribution is 6.21. The molecule has 5 nitrogen and oxygen atoms in total. The summed E-state index contributed by atoms with van der Waals surface area (Å²) in [6, 6.07) is 12.5. The zero-order valence-corrected chi connectivity index (χ0v) is 13.3. The molecule has 1 N–H and O–H groups in total. The van der Waals surface area contributed by atoms with Gasteiger partial charge in [0, 0.05) is 5.56 Å². The Hall–Kier alpha value is -2.95. The Morgan fingerprint density at radius 3 is 2.79 bits per heavy atom. The predicted octanol–water partition coefficient (Wildman–Crippen LogP) is 3.83.